The minimum atomic E-state index is -3.50. The summed E-state index contributed by atoms with van der Waals surface area (Å²) < 4.78 is 42.9. The number of nitrogens with zero attached hydrogens (tertiary/aromatic N) is 4. The van der Waals surface area contributed by atoms with Crippen LogP contribution in [-0.2, 0) is 20.4 Å². The molecule has 1 aromatic carbocycles. The van der Waals surface area contributed by atoms with Gasteiger partial charge in [-0.1, -0.05) is 25.0 Å². The molecule has 2 aliphatic heterocycles. The van der Waals surface area contributed by atoms with Gasteiger partial charge in [0.2, 0.25) is 5.91 Å². The first-order valence-electron chi connectivity index (χ1n) is 10.8. The molecular weight excluding hydrogens is 407 g/mol. The summed E-state index contributed by atoms with van der Waals surface area (Å²) in [5.74, 6) is -0.308. The molecule has 2 heterocycles. The molecule has 7 nitrogen and oxygen atoms in total. The van der Waals surface area contributed by atoms with Crippen LogP contribution in [0.15, 0.2) is 24.3 Å². The normalized spacial score (nSPS) is 24.3. The summed E-state index contributed by atoms with van der Waals surface area (Å²) in [5, 5.41) is 0. The van der Waals surface area contributed by atoms with Crippen LogP contribution in [0.25, 0.3) is 0 Å². The van der Waals surface area contributed by atoms with Crippen molar-refractivity contribution in [1.29, 1.82) is 0 Å². The second kappa shape index (κ2) is 8.53. The number of carbonyl (C=O) groups is 1. The highest BCUT2D eigenvalue weighted by Crippen LogP contribution is 2.43. The third-order valence-electron chi connectivity index (χ3n) is 6.88. The SMILES string of the molecule is CN1CCN(S(=O)(=O)N2CCN(C(=O)C3(c4cccc(F)c4)CCCC3)CC2)CC1. The number of rotatable bonds is 4. The number of amides is 1. The monoisotopic (exact) mass is 438 g/mol. The average Bonchev–Trinajstić information content (AvgIpc) is 3.25. The molecular formula is C21H31FN4O3S. The van der Waals surface area contributed by atoms with E-state index in [1.54, 1.807) is 15.3 Å². The van der Waals surface area contributed by atoms with Crippen molar-refractivity contribution < 1.29 is 17.6 Å². The predicted molar refractivity (Wildman–Crippen MR) is 113 cm³/mol. The standard InChI is InChI=1S/C21H31FN4O3S/c1-23-9-13-25(14-10-23)30(28,29)26-15-11-24(12-16-26)20(27)21(7-2-3-8-21)18-5-4-6-19(22)17-18/h4-6,17H,2-3,7-16H2,1H3. The molecule has 0 radical (unpaired) electrons. The van der Waals surface area contributed by atoms with E-state index >= 15 is 0 Å². The fraction of sp³-hybridized carbons (Fsp3) is 0.667. The third-order valence-corrected chi connectivity index (χ3v) is 8.92. The zero-order valence-corrected chi connectivity index (χ0v) is 18.4. The first-order valence-corrected chi connectivity index (χ1v) is 12.2. The minimum Gasteiger partial charge on any atom is -0.339 e. The van der Waals surface area contributed by atoms with Crippen LogP contribution >= 0.6 is 0 Å². The first kappa shape index (κ1) is 21.7. The van der Waals surface area contributed by atoms with Crippen LogP contribution in [0.1, 0.15) is 31.2 Å². The van der Waals surface area contributed by atoms with Crippen LogP contribution in [0.4, 0.5) is 4.39 Å². The van der Waals surface area contributed by atoms with Gasteiger partial charge in [-0.15, -0.1) is 0 Å². The van der Waals surface area contributed by atoms with E-state index in [9.17, 15) is 17.6 Å². The number of piperazine rings is 2. The number of benzene rings is 1. The van der Waals surface area contributed by atoms with Gasteiger partial charge >= 0.3 is 0 Å². The molecule has 1 amide bonds. The van der Waals surface area contributed by atoms with Crippen molar-refractivity contribution in [1.82, 2.24) is 18.4 Å². The Morgan fingerprint density at radius 2 is 1.50 bits per heavy atom. The second-order valence-corrected chi connectivity index (χ2v) is 10.6. The molecule has 0 unspecified atom stereocenters. The van der Waals surface area contributed by atoms with Crippen LogP contribution in [-0.4, -0.2) is 92.1 Å². The Morgan fingerprint density at radius 1 is 0.933 bits per heavy atom. The minimum absolute atomic E-state index is 0.0160. The summed E-state index contributed by atoms with van der Waals surface area (Å²) in [7, 11) is -1.51. The van der Waals surface area contributed by atoms with Crippen molar-refractivity contribution in [2.24, 2.45) is 0 Å². The van der Waals surface area contributed by atoms with E-state index in [1.165, 1.54) is 16.4 Å². The number of likely N-dealkylation sites (N-methyl/N-ethyl adjacent to an activating group) is 1. The molecule has 1 aliphatic carbocycles. The molecule has 2 saturated heterocycles. The van der Waals surface area contributed by atoms with Gasteiger partial charge in [-0.25, -0.2) is 4.39 Å². The molecule has 9 heteroatoms. The van der Waals surface area contributed by atoms with E-state index in [-0.39, 0.29) is 11.7 Å². The molecule has 4 rings (SSSR count). The number of halogens is 1. The quantitative estimate of drug-likeness (QED) is 0.710. The molecule has 30 heavy (non-hydrogen) atoms. The lowest BCUT2D eigenvalue weighted by Gasteiger charge is -2.41. The Bertz CT molecular complexity index is 872. The van der Waals surface area contributed by atoms with Gasteiger partial charge in [0.25, 0.3) is 10.2 Å². The van der Waals surface area contributed by atoms with Gasteiger partial charge in [-0.2, -0.15) is 17.0 Å². The number of hydrogen-bond acceptors (Lipinski definition) is 4. The molecule has 3 fully saturated rings. The maximum absolute atomic E-state index is 13.9. The molecule has 166 valence electrons. The molecule has 0 spiro atoms. The van der Waals surface area contributed by atoms with Crippen molar-refractivity contribution in [2.45, 2.75) is 31.1 Å². The van der Waals surface area contributed by atoms with Gasteiger partial charge in [0.15, 0.2) is 0 Å². The van der Waals surface area contributed by atoms with E-state index in [0.717, 1.165) is 44.3 Å². The Kier molecular flexibility index (Phi) is 6.16. The molecule has 0 aromatic heterocycles. The van der Waals surface area contributed by atoms with Gasteiger partial charge in [0.1, 0.15) is 5.82 Å². The van der Waals surface area contributed by atoms with Crippen LogP contribution in [0.5, 0.6) is 0 Å². The lowest BCUT2D eigenvalue weighted by atomic mass is 9.77. The maximum atomic E-state index is 13.9. The summed E-state index contributed by atoms with van der Waals surface area (Å²) in [6, 6.07) is 6.40. The lowest BCUT2D eigenvalue weighted by Crippen LogP contribution is -2.58. The van der Waals surface area contributed by atoms with Crippen molar-refractivity contribution >= 4 is 16.1 Å². The van der Waals surface area contributed by atoms with Gasteiger partial charge in [-0.05, 0) is 37.6 Å². The smallest absolute Gasteiger partial charge is 0.282 e. The van der Waals surface area contributed by atoms with Gasteiger partial charge in [-0.3, -0.25) is 4.79 Å². The highest BCUT2D eigenvalue weighted by molar-refractivity contribution is 7.86. The van der Waals surface area contributed by atoms with Crippen LogP contribution in [0.3, 0.4) is 0 Å². The van der Waals surface area contributed by atoms with Crippen LogP contribution < -0.4 is 0 Å². The van der Waals surface area contributed by atoms with Gasteiger partial charge in [0.05, 0.1) is 5.41 Å². The third kappa shape index (κ3) is 4.00. The predicted octanol–water partition coefficient (Wildman–Crippen LogP) is 1.27. The molecule has 0 N–H and O–H groups in total. The highest BCUT2D eigenvalue weighted by atomic mass is 32.2. The summed E-state index contributed by atoms with van der Waals surface area (Å²) in [6.07, 6.45) is 3.32. The largest absolute Gasteiger partial charge is 0.339 e. The summed E-state index contributed by atoms with van der Waals surface area (Å²) in [6.45, 7) is 3.83. The van der Waals surface area contributed by atoms with E-state index in [2.05, 4.69) is 4.90 Å². The number of carbonyl (C=O) groups excluding carboxylic acids is 1. The van der Waals surface area contributed by atoms with Crippen LogP contribution in [0, 0.1) is 5.82 Å². The molecule has 1 saturated carbocycles. The molecule has 1 aromatic rings. The fourth-order valence-corrected chi connectivity index (χ4v) is 6.57. The van der Waals surface area contributed by atoms with Crippen molar-refractivity contribution in [3.8, 4) is 0 Å². The van der Waals surface area contributed by atoms with Gasteiger partial charge in [0, 0.05) is 52.4 Å². The Labute approximate surface area is 178 Å². The van der Waals surface area contributed by atoms with Gasteiger partial charge < -0.3 is 9.80 Å². The van der Waals surface area contributed by atoms with E-state index in [0.29, 0.717) is 39.3 Å². The molecule has 3 aliphatic rings. The van der Waals surface area contributed by atoms with E-state index < -0.39 is 15.6 Å². The average molecular weight is 439 g/mol. The summed E-state index contributed by atoms with van der Waals surface area (Å²) >= 11 is 0. The van der Waals surface area contributed by atoms with Crippen molar-refractivity contribution in [3.63, 3.8) is 0 Å². The van der Waals surface area contributed by atoms with Crippen molar-refractivity contribution in [3.05, 3.63) is 35.6 Å². The Balaban J connectivity index is 1.45. The maximum Gasteiger partial charge on any atom is 0.282 e. The highest BCUT2D eigenvalue weighted by Gasteiger charge is 2.46. The first-order chi connectivity index (χ1) is 14.3. The summed E-state index contributed by atoms with van der Waals surface area (Å²) in [4.78, 5) is 17.5. The van der Waals surface area contributed by atoms with Crippen molar-refractivity contribution in [2.75, 3.05) is 59.4 Å². The van der Waals surface area contributed by atoms with E-state index in [1.807, 2.05) is 13.1 Å². The zero-order chi connectivity index (χ0) is 21.4. The number of hydrogen-bond donors (Lipinski definition) is 0. The Morgan fingerprint density at radius 3 is 2.07 bits per heavy atom. The van der Waals surface area contributed by atoms with Crippen LogP contribution in [0.2, 0.25) is 0 Å². The Hall–Kier alpha value is -1.55. The lowest BCUT2D eigenvalue weighted by molar-refractivity contribution is -0.138. The van der Waals surface area contributed by atoms with E-state index in [4.69, 9.17) is 0 Å². The zero-order valence-electron chi connectivity index (χ0n) is 17.6. The molecule has 0 atom stereocenters. The summed E-state index contributed by atoms with van der Waals surface area (Å²) in [5.41, 5.74) is 0.0677. The topological polar surface area (TPSA) is 64.2 Å². The second-order valence-electron chi connectivity index (χ2n) is 8.70. The molecule has 0 bridgehead atoms. The fourth-order valence-electron chi connectivity index (χ4n) is 5.00.